The minimum Gasteiger partial charge on any atom is -0.484 e. The van der Waals surface area contributed by atoms with Crippen molar-refractivity contribution in [1.29, 1.82) is 0 Å². The third-order valence-corrected chi connectivity index (χ3v) is 6.17. The van der Waals surface area contributed by atoms with Gasteiger partial charge in [-0.05, 0) is 43.9 Å². The second kappa shape index (κ2) is 8.69. The Bertz CT molecular complexity index is 1020. The molecule has 1 unspecified atom stereocenters. The zero-order chi connectivity index (χ0) is 23.8. The molecule has 2 heterocycles. The number of rotatable bonds is 7. The average Bonchev–Trinajstić information content (AvgIpc) is 2.73. The molecule has 1 amide bonds. The molecule has 11 heteroatoms. The van der Waals surface area contributed by atoms with E-state index < -0.39 is 24.4 Å². The van der Waals surface area contributed by atoms with Crippen LogP contribution in [-0.2, 0) is 16.1 Å². The van der Waals surface area contributed by atoms with Gasteiger partial charge in [0.2, 0.25) is 11.9 Å². The summed E-state index contributed by atoms with van der Waals surface area (Å²) in [7, 11) is 3.46. The fraction of sp³-hybridized carbons (Fsp3) is 0.500. The molecular formula is C22H26F3N5O3. The molecule has 1 saturated carbocycles. The lowest BCUT2D eigenvalue weighted by Crippen LogP contribution is -2.64. The molecule has 178 valence electrons. The van der Waals surface area contributed by atoms with E-state index in [1.807, 2.05) is 11.9 Å². The van der Waals surface area contributed by atoms with E-state index in [2.05, 4.69) is 20.6 Å². The zero-order valence-corrected chi connectivity index (χ0v) is 18.6. The lowest BCUT2D eigenvalue weighted by Gasteiger charge is -2.50. The number of aryl methyl sites for hydroxylation is 1. The Kier molecular flexibility index (Phi) is 6.08. The molecule has 0 radical (unpaired) electrons. The number of nitrogens with one attached hydrogen (secondary N) is 2. The van der Waals surface area contributed by atoms with Gasteiger partial charge in [0.1, 0.15) is 17.5 Å². The van der Waals surface area contributed by atoms with Crippen LogP contribution in [0.1, 0.15) is 30.5 Å². The van der Waals surface area contributed by atoms with Gasteiger partial charge in [0.15, 0.2) is 12.4 Å². The molecule has 2 aromatic rings. The number of hydrogen-bond donors (Lipinski definition) is 2. The third kappa shape index (κ3) is 4.68. The van der Waals surface area contributed by atoms with E-state index >= 15 is 0 Å². The van der Waals surface area contributed by atoms with E-state index in [4.69, 9.17) is 9.47 Å². The monoisotopic (exact) mass is 465 g/mol. The largest absolute Gasteiger partial charge is 0.484 e. The van der Waals surface area contributed by atoms with Crippen molar-refractivity contribution >= 4 is 23.4 Å². The smallest absolute Gasteiger partial charge is 0.422 e. The van der Waals surface area contributed by atoms with E-state index in [9.17, 15) is 18.0 Å². The quantitative estimate of drug-likeness (QED) is 0.645. The first-order chi connectivity index (χ1) is 15.6. The highest BCUT2D eigenvalue weighted by Gasteiger charge is 2.52. The van der Waals surface area contributed by atoms with Crippen molar-refractivity contribution < 1.29 is 27.4 Å². The van der Waals surface area contributed by atoms with Gasteiger partial charge in [-0.3, -0.25) is 4.79 Å². The first-order valence-corrected chi connectivity index (χ1v) is 10.6. The van der Waals surface area contributed by atoms with Crippen molar-refractivity contribution in [2.45, 2.75) is 50.6 Å². The molecule has 0 bridgehead atoms. The predicted molar refractivity (Wildman–Crippen MR) is 116 cm³/mol. The van der Waals surface area contributed by atoms with Crippen LogP contribution in [0.2, 0.25) is 0 Å². The van der Waals surface area contributed by atoms with Crippen LogP contribution >= 0.6 is 0 Å². The van der Waals surface area contributed by atoms with E-state index in [0.717, 1.165) is 24.8 Å². The molecule has 1 aliphatic carbocycles. The maximum atomic E-state index is 12.9. The van der Waals surface area contributed by atoms with Gasteiger partial charge < -0.3 is 25.0 Å². The summed E-state index contributed by atoms with van der Waals surface area (Å²) >= 11 is 0. The van der Waals surface area contributed by atoms with Gasteiger partial charge in [-0.2, -0.15) is 18.2 Å². The minimum atomic E-state index is -4.38. The van der Waals surface area contributed by atoms with E-state index in [1.54, 1.807) is 26.2 Å². The molecule has 8 nitrogen and oxygen atoms in total. The number of halogens is 3. The van der Waals surface area contributed by atoms with Crippen LogP contribution in [0.25, 0.3) is 0 Å². The highest BCUT2D eigenvalue weighted by Crippen LogP contribution is 2.44. The molecule has 1 aliphatic heterocycles. The fourth-order valence-corrected chi connectivity index (χ4v) is 4.28. The number of carbonyl (C=O) groups is 1. The topological polar surface area (TPSA) is 88.6 Å². The van der Waals surface area contributed by atoms with Gasteiger partial charge in [-0.25, -0.2) is 4.98 Å². The number of ether oxygens (including phenoxy) is 2. The Balaban J connectivity index is 1.47. The molecule has 2 N–H and O–H groups in total. The number of alkyl halides is 3. The van der Waals surface area contributed by atoms with Crippen LogP contribution in [0.4, 0.5) is 30.6 Å². The van der Waals surface area contributed by atoms with Crippen molar-refractivity contribution in [3.8, 4) is 5.75 Å². The summed E-state index contributed by atoms with van der Waals surface area (Å²) in [6.07, 6.45) is -1.76. The van der Waals surface area contributed by atoms with Crippen molar-refractivity contribution in [3.05, 3.63) is 35.5 Å². The number of nitrogens with zero attached hydrogens (tertiary/aromatic N) is 3. The Morgan fingerprint density at radius 1 is 1.24 bits per heavy atom. The number of amides is 1. The minimum absolute atomic E-state index is 0.133. The number of benzene rings is 1. The molecule has 0 spiro atoms. The lowest BCUT2D eigenvalue weighted by atomic mass is 9.73. The molecule has 33 heavy (non-hydrogen) atoms. The Morgan fingerprint density at radius 3 is 2.52 bits per heavy atom. The lowest BCUT2D eigenvalue weighted by molar-refractivity contribution is -0.153. The summed E-state index contributed by atoms with van der Waals surface area (Å²) in [5.41, 5.74) is 1.48. The number of methoxy groups -OCH3 is 1. The maximum Gasteiger partial charge on any atom is 0.422 e. The molecule has 1 fully saturated rings. The summed E-state index contributed by atoms with van der Waals surface area (Å²) in [5.74, 6) is 0.995. The highest BCUT2D eigenvalue weighted by atomic mass is 19.4. The van der Waals surface area contributed by atoms with Crippen molar-refractivity contribution in [1.82, 2.24) is 9.97 Å². The number of anilines is 3. The Morgan fingerprint density at radius 2 is 1.94 bits per heavy atom. The molecular weight excluding hydrogens is 439 g/mol. The van der Waals surface area contributed by atoms with Gasteiger partial charge in [-0.15, -0.1) is 0 Å². The Hall–Kier alpha value is -3.08. The number of fused-ring (bicyclic) bond motifs is 1. The summed E-state index contributed by atoms with van der Waals surface area (Å²) in [6, 6.07) is 5.82. The molecule has 2 aliphatic rings. The predicted octanol–water partition coefficient (Wildman–Crippen LogP) is 3.66. The van der Waals surface area contributed by atoms with Crippen molar-refractivity contribution in [2.24, 2.45) is 0 Å². The van der Waals surface area contributed by atoms with Gasteiger partial charge in [0.05, 0.1) is 11.3 Å². The van der Waals surface area contributed by atoms with E-state index in [1.165, 1.54) is 12.1 Å². The van der Waals surface area contributed by atoms with Crippen LogP contribution in [0, 0.1) is 6.92 Å². The second-order valence-electron chi connectivity index (χ2n) is 8.36. The van der Waals surface area contributed by atoms with Crippen LogP contribution in [-0.4, -0.2) is 54.5 Å². The van der Waals surface area contributed by atoms with Crippen LogP contribution in [0.5, 0.6) is 5.75 Å². The van der Waals surface area contributed by atoms with Crippen LogP contribution in [0.15, 0.2) is 24.3 Å². The Labute approximate surface area is 189 Å². The molecule has 1 atom stereocenters. The highest BCUT2D eigenvalue weighted by molar-refractivity contribution is 6.04. The van der Waals surface area contributed by atoms with Crippen molar-refractivity contribution in [3.63, 3.8) is 0 Å². The zero-order valence-electron chi connectivity index (χ0n) is 18.6. The standard InChI is InChI=1S/C22H26F3N5O3/c1-13-16-18(30(2)17(19(31)28-16)21(32-3)9-4-10-21)29-20(27-13)26-11-14-5-7-15(8-6-14)33-12-22(23,24)25/h5-8,17H,4,9-12H2,1-3H3,(H,28,31)(H,26,27,29). The summed E-state index contributed by atoms with van der Waals surface area (Å²) in [4.78, 5) is 23.8. The molecule has 1 aromatic heterocycles. The molecule has 1 aromatic carbocycles. The number of hydrogen-bond acceptors (Lipinski definition) is 7. The third-order valence-electron chi connectivity index (χ3n) is 6.17. The first kappa shape index (κ1) is 23.1. The van der Waals surface area contributed by atoms with E-state index in [-0.39, 0.29) is 11.7 Å². The van der Waals surface area contributed by atoms with Crippen molar-refractivity contribution in [2.75, 3.05) is 36.3 Å². The SMILES string of the molecule is COC1(C2C(=O)Nc3c(C)nc(NCc4ccc(OCC(F)(F)F)cc4)nc3N2C)CCC1. The summed E-state index contributed by atoms with van der Waals surface area (Å²) in [5, 5.41) is 6.08. The number of carbonyl (C=O) groups excluding carboxylic acids is 1. The normalized spacial score (nSPS) is 19.4. The van der Waals surface area contributed by atoms with Crippen LogP contribution in [0.3, 0.4) is 0 Å². The number of likely N-dealkylation sites (N-methyl/N-ethyl adjacent to an activating group) is 1. The van der Waals surface area contributed by atoms with Gasteiger partial charge in [0.25, 0.3) is 0 Å². The average molecular weight is 465 g/mol. The summed E-state index contributed by atoms with van der Waals surface area (Å²) in [6.45, 7) is 0.823. The fourth-order valence-electron chi connectivity index (χ4n) is 4.28. The van der Waals surface area contributed by atoms with E-state index in [0.29, 0.717) is 29.7 Å². The molecule has 0 saturated heterocycles. The first-order valence-electron chi connectivity index (χ1n) is 10.6. The van der Waals surface area contributed by atoms with Gasteiger partial charge in [-0.1, -0.05) is 12.1 Å². The number of aromatic nitrogens is 2. The second-order valence-corrected chi connectivity index (χ2v) is 8.36. The maximum absolute atomic E-state index is 12.9. The molecule has 4 rings (SSSR count). The summed E-state index contributed by atoms with van der Waals surface area (Å²) < 4.78 is 47.3. The van der Waals surface area contributed by atoms with Gasteiger partial charge in [0, 0.05) is 20.7 Å². The van der Waals surface area contributed by atoms with Crippen LogP contribution < -0.4 is 20.3 Å². The van der Waals surface area contributed by atoms with Gasteiger partial charge >= 0.3 is 6.18 Å².